The topological polar surface area (TPSA) is 73.3 Å². The molecule has 0 radical (unpaired) electrons. The number of piperidine rings is 1. The Hall–Kier alpha value is -1.26. The van der Waals surface area contributed by atoms with E-state index >= 15 is 0 Å². The Kier molecular flexibility index (Phi) is 3.54. The third kappa shape index (κ3) is 2.70. The molecule has 1 saturated heterocycles. The summed E-state index contributed by atoms with van der Waals surface area (Å²) in [7, 11) is 0. The molecule has 0 bridgehead atoms. The van der Waals surface area contributed by atoms with Crippen LogP contribution >= 0.6 is 11.6 Å². The number of benzene rings is 1. The highest BCUT2D eigenvalue weighted by molar-refractivity contribution is 6.34. The van der Waals surface area contributed by atoms with Gasteiger partial charge in [0.1, 0.15) is 5.84 Å². The van der Waals surface area contributed by atoms with Crippen LogP contribution in [-0.2, 0) is 0 Å². The molecule has 1 aromatic carbocycles. The first-order chi connectivity index (χ1) is 8.08. The zero-order chi connectivity index (χ0) is 12.4. The molecule has 2 rings (SSSR count). The zero-order valence-electron chi connectivity index (χ0n) is 9.49. The van der Waals surface area contributed by atoms with Gasteiger partial charge >= 0.3 is 0 Å². The molecule has 0 aliphatic carbocycles. The van der Waals surface area contributed by atoms with E-state index in [1.54, 1.807) is 6.07 Å². The predicted molar refractivity (Wildman–Crippen MR) is 69.9 cm³/mol. The van der Waals surface area contributed by atoms with Gasteiger partial charge in [0.05, 0.1) is 11.1 Å². The van der Waals surface area contributed by atoms with Gasteiger partial charge in [-0.15, -0.1) is 0 Å². The fourth-order valence-electron chi connectivity index (χ4n) is 2.04. The number of nitrogen functional groups attached to an aromatic ring is 1. The summed E-state index contributed by atoms with van der Waals surface area (Å²) in [5.41, 5.74) is 7.00. The molecule has 0 amide bonds. The molecule has 0 spiro atoms. The number of aliphatic hydroxyl groups excluding tert-OH is 1. The smallest absolute Gasteiger partial charge is 0.124 e. The largest absolute Gasteiger partial charge is 0.393 e. The van der Waals surface area contributed by atoms with Crippen LogP contribution in [0.2, 0.25) is 5.02 Å². The first-order valence-corrected chi connectivity index (χ1v) is 6.02. The van der Waals surface area contributed by atoms with Gasteiger partial charge in [-0.3, -0.25) is 5.41 Å². The first kappa shape index (κ1) is 12.2. The van der Waals surface area contributed by atoms with Crippen LogP contribution in [0, 0.1) is 5.41 Å². The van der Waals surface area contributed by atoms with Crippen LogP contribution in [0.25, 0.3) is 0 Å². The van der Waals surface area contributed by atoms with Crippen LogP contribution in [0.3, 0.4) is 0 Å². The predicted octanol–water partition coefficient (Wildman–Crippen LogP) is 1.59. The second kappa shape index (κ2) is 4.94. The van der Waals surface area contributed by atoms with Gasteiger partial charge < -0.3 is 15.7 Å². The number of hydrogen-bond donors (Lipinski definition) is 3. The molecule has 1 aromatic rings. The summed E-state index contributed by atoms with van der Waals surface area (Å²) < 4.78 is 0. The van der Waals surface area contributed by atoms with Crippen LogP contribution < -0.4 is 10.6 Å². The van der Waals surface area contributed by atoms with E-state index < -0.39 is 0 Å². The Bertz CT molecular complexity index is 428. The molecule has 0 unspecified atom stereocenters. The SMILES string of the molecule is N=C(N)c1ccc(N2CCC(O)CC2)cc1Cl. The molecule has 92 valence electrons. The summed E-state index contributed by atoms with van der Waals surface area (Å²) in [4.78, 5) is 2.18. The zero-order valence-corrected chi connectivity index (χ0v) is 10.2. The summed E-state index contributed by atoms with van der Waals surface area (Å²) in [5.74, 6) is -0.0179. The van der Waals surface area contributed by atoms with Crippen molar-refractivity contribution in [1.29, 1.82) is 5.41 Å². The minimum absolute atomic E-state index is 0.0179. The highest BCUT2D eigenvalue weighted by Crippen LogP contribution is 2.25. The van der Waals surface area contributed by atoms with E-state index in [0.717, 1.165) is 31.6 Å². The van der Waals surface area contributed by atoms with Crippen molar-refractivity contribution in [3.63, 3.8) is 0 Å². The first-order valence-electron chi connectivity index (χ1n) is 5.65. The number of nitrogens with two attached hydrogens (primary N) is 1. The van der Waals surface area contributed by atoms with Crippen molar-refractivity contribution < 1.29 is 5.11 Å². The number of hydrogen-bond acceptors (Lipinski definition) is 3. The van der Waals surface area contributed by atoms with Crippen molar-refractivity contribution >= 4 is 23.1 Å². The van der Waals surface area contributed by atoms with Gasteiger partial charge in [0, 0.05) is 24.3 Å². The number of halogens is 1. The van der Waals surface area contributed by atoms with Gasteiger partial charge in [-0.25, -0.2) is 0 Å². The molecule has 0 saturated carbocycles. The summed E-state index contributed by atoms with van der Waals surface area (Å²) >= 11 is 6.08. The molecule has 4 N–H and O–H groups in total. The number of nitrogens with zero attached hydrogens (tertiary/aromatic N) is 1. The Morgan fingerprint density at radius 2 is 2.06 bits per heavy atom. The summed E-state index contributed by atoms with van der Waals surface area (Å²) in [6.45, 7) is 1.66. The van der Waals surface area contributed by atoms with Gasteiger partial charge in [-0.05, 0) is 31.0 Å². The fraction of sp³-hybridized carbons (Fsp3) is 0.417. The van der Waals surface area contributed by atoms with Crippen LogP contribution in [0.5, 0.6) is 0 Å². The third-order valence-electron chi connectivity index (χ3n) is 3.07. The van der Waals surface area contributed by atoms with E-state index in [0.29, 0.717) is 10.6 Å². The van der Waals surface area contributed by atoms with Gasteiger partial charge in [-0.1, -0.05) is 11.6 Å². The molecule has 5 heteroatoms. The summed E-state index contributed by atoms with van der Waals surface area (Å²) in [5, 5.41) is 17.3. The highest BCUT2D eigenvalue weighted by atomic mass is 35.5. The van der Waals surface area contributed by atoms with E-state index in [1.165, 1.54) is 0 Å². The Morgan fingerprint density at radius 1 is 1.41 bits per heavy atom. The lowest BCUT2D eigenvalue weighted by molar-refractivity contribution is 0.145. The summed E-state index contributed by atoms with van der Waals surface area (Å²) in [6, 6.07) is 5.52. The maximum Gasteiger partial charge on any atom is 0.124 e. The standard InChI is InChI=1S/C12H16ClN3O/c13-11-7-8(1-2-10(11)12(14)15)16-5-3-9(17)4-6-16/h1-2,7,9,17H,3-6H2,(H3,14,15). The van der Waals surface area contributed by atoms with Crippen LogP contribution in [-0.4, -0.2) is 30.1 Å². The Labute approximate surface area is 105 Å². The van der Waals surface area contributed by atoms with Crippen molar-refractivity contribution in [2.24, 2.45) is 5.73 Å². The van der Waals surface area contributed by atoms with Crippen LogP contribution in [0.1, 0.15) is 18.4 Å². The monoisotopic (exact) mass is 253 g/mol. The van der Waals surface area contributed by atoms with Crippen molar-refractivity contribution in [3.05, 3.63) is 28.8 Å². The normalized spacial score (nSPS) is 17.2. The van der Waals surface area contributed by atoms with Gasteiger partial charge in [-0.2, -0.15) is 0 Å². The van der Waals surface area contributed by atoms with Crippen molar-refractivity contribution in [3.8, 4) is 0 Å². The maximum absolute atomic E-state index is 9.45. The summed E-state index contributed by atoms with van der Waals surface area (Å²) in [6.07, 6.45) is 1.39. The van der Waals surface area contributed by atoms with Crippen LogP contribution in [0.4, 0.5) is 5.69 Å². The van der Waals surface area contributed by atoms with Gasteiger partial charge in [0.25, 0.3) is 0 Å². The van der Waals surface area contributed by atoms with Crippen molar-refractivity contribution in [2.75, 3.05) is 18.0 Å². The molecule has 1 fully saturated rings. The molecule has 17 heavy (non-hydrogen) atoms. The minimum atomic E-state index is -0.182. The van der Waals surface area contributed by atoms with E-state index in [9.17, 15) is 5.11 Å². The number of amidine groups is 1. The van der Waals surface area contributed by atoms with E-state index in [-0.39, 0.29) is 11.9 Å². The average molecular weight is 254 g/mol. The van der Waals surface area contributed by atoms with Crippen molar-refractivity contribution in [2.45, 2.75) is 18.9 Å². The molecule has 4 nitrogen and oxygen atoms in total. The Balaban J connectivity index is 2.17. The third-order valence-corrected chi connectivity index (χ3v) is 3.39. The maximum atomic E-state index is 9.45. The second-order valence-electron chi connectivity index (χ2n) is 4.30. The quantitative estimate of drug-likeness (QED) is 0.554. The molecule has 1 aliphatic rings. The molecular weight excluding hydrogens is 238 g/mol. The van der Waals surface area contributed by atoms with E-state index in [4.69, 9.17) is 22.7 Å². The number of rotatable bonds is 2. The molecule has 1 heterocycles. The van der Waals surface area contributed by atoms with E-state index in [1.807, 2.05) is 12.1 Å². The molecule has 0 aromatic heterocycles. The molecular formula is C12H16ClN3O. The van der Waals surface area contributed by atoms with Gasteiger partial charge in [0.15, 0.2) is 0 Å². The van der Waals surface area contributed by atoms with E-state index in [2.05, 4.69) is 4.90 Å². The molecule has 1 aliphatic heterocycles. The number of anilines is 1. The van der Waals surface area contributed by atoms with Crippen molar-refractivity contribution in [1.82, 2.24) is 0 Å². The number of aliphatic hydroxyl groups is 1. The lowest BCUT2D eigenvalue weighted by atomic mass is 10.1. The second-order valence-corrected chi connectivity index (χ2v) is 4.70. The molecule has 0 atom stereocenters. The number of nitrogens with one attached hydrogen (secondary N) is 1. The lowest BCUT2D eigenvalue weighted by Gasteiger charge is -2.31. The van der Waals surface area contributed by atoms with Gasteiger partial charge in [0.2, 0.25) is 0 Å². The lowest BCUT2D eigenvalue weighted by Crippen LogP contribution is -2.35. The van der Waals surface area contributed by atoms with Crippen LogP contribution in [0.15, 0.2) is 18.2 Å². The fourth-order valence-corrected chi connectivity index (χ4v) is 2.32. The highest BCUT2D eigenvalue weighted by Gasteiger charge is 2.18. The Morgan fingerprint density at radius 3 is 2.59 bits per heavy atom. The minimum Gasteiger partial charge on any atom is -0.393 e. The average Bonchev–Trinajstić information content (AvgIpc) is 2.29.